The molecule has 2 aromatic carbocycles. The van der Waals surface area contributed by atoms with Crippen molar-refractivity contribution in [1.29, 1.82) is 5.26 Å². The monoisotopic (exact) mass is 459 g/mol. The van der Waals surface area contributed by atoms with Crippen molar-refractivity contribution in [1.82, 2.24) is 14.7 Å². The predicted octanol–water partition coefficient (Wildman–Crippen LogP) is 4.43. The Bertz CT molecular complexity index is 1360. The third-order valence-electron chi connectivity index (χ3n) is 6.00. The van der Waals surface area contributed by atoms with E-state index in [4.69, 9.17) is 0 Å². The zero-order chi connectivity index (χ0) is 22.9. The minimum absolute atomic E-state index is 0.00117. The van der Waals surface area contributed by atoms with Crippen LogP contribution in [0.5, 0.6) is 0 Å². The topological polar surface area (TPSA) is 65.2 Å². The summed E-state index contributed by atoms with van der Waals surface area (Å²) in [6.45, 7) is 4.76. The van der Waals surface area contributed by atoms with Crippen molar-refractivity contribution < 1.29 is 9.18 Å². The van der Waals surface area contributed by atoms with Gasteiger partial charge >= 0.3 is 0 Å². The molecule has 0 radical (unpaired) electrons. The number of nitrogens with zero attached hydrogens (tertiary/aromatic N) is 5. The van der Waals surface area contributed by atoms with Crippen molar-refractivity contribution in [2.75, 3.05) is 31.1 Å². The van der Waals surface area contributed by atoms with Crippen molar-refractivity contribution in [3.05, 3.63) is 82.1 Å². The van der Waals surface area contributed by atoms with Gasteiger partial charge in [0.2, 0.25) is 0 Å². The van der Waals surface area contributed by atoms with Crippen molar-refractivity contribution in [3.8, 4) is 6.07 Å². The van der Waals surface area contributed by atoms with Gasteiger partial charge < -0.3 is 9.80 Å². The minimum Gasteiger partial charge on any atom is -0.367 e. The summed E-state index contributed by atoms with van der Waals surface area (Å²) in [7, 11) is 0. The van der Waals surface area contributed by atoms with E-state index in [-0.39, 0.29) is 11.5 Å². The molecule has 6 nitrogen and oxygen atoms in total. The van der Waals surface area contributed by atoms with Crippen LogP contribution in [0.4, 0.5) is 10.1 Å². The number of thiophene rings is 1. The number of benzene rings is 2. The van der Waals surface area contributed by atoms with Crippen molar-refractivity contribution >= 4 is 33.1 Å². The molecule has 1 saturated heterocycles. The molecule has 4 aromatic rings. The van der Waals surface area contributed by atoms with Crippen LogP contribution in [-0.2, 0) is 6.54 Å². The van der Waals surface area contributed by atoms with E-state index in [1.165, 1.54) is 17.4 Å². The zero-order valence-corrected chi connectivity index (χ0v) is 19.0. The average Bonchev–Trinajstić information content (AvgIpc) is 3.40. The normalized spacial score (nSPS) is 14.0. The number of hydrogen-bond acceptors (Lipinski definition) is 5. The quantitative estimate of drug-likeness (QED) is 0.453. The molecule has 1 fully saturated rings. The van der Waals surface area contributed by atoms with Crippen LogP contribution >= 0.6 is 11.3 Å². The summed E-state index contributed by atoms with van der Waals surface area (Å²) in [6.07, 6.45) is 0. The van der Waals surface area contributed by atoms with Gasteiger partial charge in [0, 0.05) is 31.6 Å². The molecule has 0 unspecified atom stereocenters. The van der Waals surface area contributed by atoms with Crippen LogP contribution in [0.25, 0.3) is 10.2 Å². The summed E-state index contributed by atoms with van der Waals surface area (Å²) < 4.78 is 16.0. The number of anilines is 1. The summed E-state index contributed by atoms with van der Waals surface area (Å²) in [5.41, 5.74) is 2.72. The first-order valence-electron chi connectivity index (χ1n) is 10.8. The molecule has 0 atom stereocenters. The van der Waals surface area contributed by atoms with Crippen LogP contribution in [0.15, 0.2) is 54.6 Å². The third-order valence-corrected chi connectivity index (χ3v) is 7.14. The summed E-state index contributed by atoms with van der Waals surface area (Å²) in [5, 5.41) is 15.0. The standard InChI is InChI=1S/C25H22FN5OS/c1-17-19-14-23(33-25(19)31(28-17)16-18-6-3-2-4-7-18)24(32)30-12-10-29(11-13-30)22-9-5-8-21(26)20(22)15-27/h2-9,14H,10-13,16H2,1H3. The number of hydrogen-bond donors (Lipinski definition) is 0. The highest BCUT2D eigenvalue weighted by Crippen LogP contribution is 2.30. The summed E-state index contributed by atoms with van der Waals surface area (Å²) in [6, 6.07) is 18.7. The molecule has 0 bridgehead atoms. The lowest BCUT2D eigenvalue weighted by Crippen LogP contribution is -2.48. The number of nitriles is 1. The molecular formula is C25H22FN5OS. The van der Waals surface area contributed by atoms with Gasteiger partial charge in [-0.15, -0.1) is 11.3 Å². The lowest BCUT2D eigenvalue weighted by molar-refractivity contribution is 0.0751. The summed E-state index contributed by atoms with van der Waals surface area (Å²) in [5.74, 6) is -0.514. The molecule has 8 heteroatoms. The van der Waals surface area contributed by atoms with E-state index in [1.807, 2.05) is 51.7 Å². The maximum Gasteiger partial charge on any atom is 0.264 e. The van der Waals surface area contributed by atoms with Gasteiger partial charge in [0.1, 0.15) is 22.3 Å². The number of aromatic nitrogens is 2. The molecule has 166 valence electrons. The Morgan fingerprint density at radius 3 is 2.61 bits per heavy atom. The Balaban J connectivity index is 1.33. The molecular weight excluding hydrogens is 437 g/mol. The van der Waals surface area contributed by atoms with Gasteiger partial charge in [0.15, 0.2) is 0 Å². The molecule has 1 aliphatic heterocycles. The van der Waals surface area contributed by atoms with Crippen LogP contribution in [0, 0.1) is 24.1 Å². The van der Waals surface area contributed by atoms with Crippen LogP contribution < -0.4 is 4.90 Å². The summed E-state index contributed by atoms with van der Waals surface area (Å²) in [4.78, 5) is 18.7. The third kappa shape index (κ3) is 3.96. The molecule has 5 rings (SSSR count). The first kappa shape index (κ1) is 21.2. The largest absolute Gasteiger partial charge is 0.367 e. The fraction of sp³-hybridized carbons (Fsp3) is 0.240. The number of carbonyl (C=O) groups is 1. The Hall–Kier alpha value is -3.70. The number of piperazine rings is 1. The fourth-order valence-electron chi connectivity index (χ4n) is 4.27. The van der Waals surface area contributed by atoms with E-state index < -0.39 is 5.82 Å². The number of halogens is 1. The molecule has 0 N–H and O–H groups in total. The molecule has 0 aliphatic carbocycles. The fourth-order valence-corrected chi connectivity index (χ4v) is 5.40. The van der Waals surface area contributed by atoms with E-state index in [0.29, 0.717) is 43.3 Å². The maximum atomic E-state index is 14.0. The van der Waals surface area contributed by atoms with Gasteiger partial charge in [-0.05, 0) is 30.7 Å². The molecule has 1 amide bonds. The van der Waals surface area contributed by atoms with Gasteiger partial charge in [-0.2, -0.15) is 10.4 Å². The number of rotatable bonds is 4. The van der Waals surface area contributed by atoms with Crippen LogP contribution in [0.1, 0.15) is 26.5 Å². The number of aryl methyl sites for hydroxylation is 1. The second kappa shape index (κ2) is 8.68. The molecule has 33 heavy (non-hydrogen) atoms. The first-order chi connectivity index (χ1) is 16.0. The van der Waals surface area contributed by atoms with Crippen LogP contribution in [0.3, 0.4) is 0 Å². The lowest BCUT2D eigenvalue weighted by Gasteiger charge is -2.36. The Morgan fingerprint density at radius 1 is 1.12 bits per heavy atom. The van der Waals surface area contributed by atoms with E-state index in [2.05, 4.69) is 17.2 Å². The van der Waals surface area contributed by atoms with E-state index >= 15 is 0 Å². The molecule has 3 heterocycles. The van der Waals surface area contributed by atoms with Crippen molar-refractivity contribution in [2.45, 2.75) is 13.5 Å². The number of amides is 1. The number of carbonyl (C=O) groups excluding carboxylic acids is 1. The van der Waals surface area contributed by atoms with E-state index in [9.17, 15) is 14.4 Å². The average molecular weight is 460 g/mol. The maximum absolute atomic E-state index is 14.0. The second-order valence-corrected chi connectivity index (χ2v) is 9.11. The van der Waals surface area contributed by atoms with Crippen LogP contribution in [-0.4, -0.2) is 46.8 Å². The van der Waals surface area contributed by atoms with Gasteiger partial charge in [-0.1, -0.05) is 36.4 Å². The molecule has 1 aliphatic rings. The molecule has 0 spiro atoms. The van der Waals surface area contributed by atoms with Crippen LogP contribution in [0.2, 0.25) is 0 Å². The highest BCUT2D eigenvalue weighted by atomic mass is 32.1. The highest BCUT2D eigenvalue weighted by molar-refractivity contribution is 7.20. The molecule has 2 aromatic heterocycles. The molecule has 0 saturated carbocycles. The predicted molar refractivity (Wildman–Crippen MR) is 127 cm³/mol. The zero-order valence-electron chi connectivity index (χ0n) is 18.2. The summed E-state index contributed by atoms with van der Waals surface area (Å²) >= 11 is 1.47. The minimum atomic E-state index is -0.515. The Kier molecular flexibility index (Phi) is 5.56. The Labute approximate surface area is 195 Å². The van der Waals surface area contributed by atoms with Crippen molar-refractivity contribution in [3.63, 3.8) is 0 Å². The number of fused-ring (bicyclic) bond motifs is 1. The first-order valence-corrected chi connectivity index (χ1v) is 11.6. The van der Waals surface area contributed by atoms with Gasteiger partial charge in [-0.25, -0.2) is 4.39 Å². The Morgan fingerprint density at radius 2 is 1.88 bits per heavy atom. The van der Waals surface area contributed by atoms with Crippen molar-refractivity contribution in [2.24, 2.45) is 0 Å². The van der Waals surface area contributed by atoms with Gasteiger partial charge in [0.05, 0.1) is 22.8 Å². The smallest absolute Gasteiger partial charge is 0.264 e. The van der Waals surface area contributed by atoms with E-state index in [0.717, 1.165) is 21.5 Å². The lowest BCUT2D eigenvalue weighted by atomic mass is 10.1. The van der Waals surface area contributed by atoms with Gasteiger partial charge in [0.25, 0.3) is 5.91 Å². The van der Waals surface area contributed by atoms with Gasteiger partial charge in [-0.3, -0.25) is 9.48 Å². The highest BCUT2D eigenvalue weighted by Gasteiger charge is 2.26. The SMILES string of the molecule is Cc1nn(Cc2ccccc2)c2sc(C(=O)N3CCN(c4cccc(F)c4C#N)CC3)cc12. The van der Waals surface area contributed by atoms with E-state index in [1.54, 1.807) is 12.1 Å². The second-order valence-electron chi connectivity index (χ2n) is 8.08.